The van der Waals surface area contributed by atoms with E-state index in [2.05, 4.69) is 17.2 Å². The summed E-state index contributed by atoms with van der Waals surface area (Å²) >= 11 is 1.62. The van der Waals surface area contributed by atoms with Crippen LogP contribution in [-0.2, 0) is 4.79 Å². The van der Waals surface area contributed by atoms with Gasteiger partial charge >= 0.3 is 0 Å². The molecule has 0 aliphatic carbocycles. The van der Waals surface area contributed by atoms with Gasteiger partial charge in [-0.2, -0.15) is 0 Å². The smallest absolute Gasteiger partial charge is 0.228 e. The summed E-state index contributed by atoms with van der Waals surface area (Å²) < 4.78 is 0. The van der Waals surface area contributed by atoms with Crippen molar-refractivity contribution < 1.29 is 4.79 Å². The first kappa shape index (κ1) is 10.6. The molecule has 0 aromatic carbocycles. The summed E-state index contributed by atoms with van der Waals surface area (Å²) in [7, 11) is 0. The molecule has 4 heteroatoms. The van der Waals surface area contributed by atoms with E-state index in [-0.39, 0.29) is 11.8 Å². The molecule has 1 N–H and O–H groups in total. The van der Waals surface area contributed by atoms with Crippen LogP contribution in [0.5, 0.6) is 0 Å². The highest BCUT2D eigenvalue weighted by Crippen LogP contribution is 2.11. The highest BCUT2D eigenvalue weighted by Gasteiger charge is 2.15. The molecule has 1 amide bonds. The van der Waals surface area contributed by atoms with E-state index in [1.807, 2.05) is 6.92 Å². The summed E-state index contributed by atoms with van der Waals surface area (Å²) in [6.07, 6.45) is 2.00. The molecule has 1 aliphatic heterocycles. The van der Waals surface area contributed by atoms with Crippen LogP contribution in [0, 0.1) is 5.92 Å². The molecule has 0 aromatic rings. The second-order valence-electron chi connectivity index (χ2n) is 3.21. The van der Waals surface area contributed by atoms with Crippen molar-refractivity contribution in [2.75, 3.05) is 12.3 Å². The summed E-state index contributed by atoms with van der Waals surface area (Å²) in [6.45, 7) is 4.88. The second kappa shape index (κ2) is 5.27. The maximum atomic E-state index is 11.5. The normalized spacial score (nSPS) is 18.2. The summed E-state index contributed by atoms with van der Waals surface area (Å²) in [5.41, 5.74) is 0. The predicted octanol–water partition coefficient (Wildman–Crippen LogP) is 1.64. The monoisotopic (exact) mass is 200 g/mol. The van der Waals surface area contributed by atoms with Gasteiger partial charge in [0.15, 0.2) is 5.17 Å². The van der Waals surface area contributed by atoms with E-state index in [4.69, 9.17) is 0 Å². The predicted molar refractivity (Wildman–Crippen MR) is 57.0 cm³/mol. The molecule has 1 atom stereocenters. The van der Waals surface area contributed by atoms with Crippen LogP contribution >= 0.6 is 11.8 Å². The molecule has 0 radical (unpaired) electrons. The Balaban J connectivity index is 2.31. The number of carbonyl (C=O) groups excluding carboxylic acids is 1. The lowest BCUT2D eigenvalue weighted by Gasteiger charge is -2.09. The second-order valence-corrected chi connectivity index (χ2v) is 4.30. The lowest BCUT2D eigenvalue weighted by Crippen LogP contribution is -2.32. The number of amides is 1. The average Bonchev–Trinajstić information content (AvgIpc) is 2.57. The lowest BCUT2D eigenvalue weighted by molar-refractivity contribution is -0.123. The Morgan fingerprint density at radius 1 is 1.77 bits per heavy atom. The van der Waals surface area contributed by atoms with Crippen molar-refractivity contribution in [1.82, 2.24) is 5.32 Å². The standard InChI is InChI=1S/C9H16N2OS/c1-3-4-7(2)8(12)11-9-10-5-6-13-9/h7H,3-6H2,1-2H3,(H,10,11,12). The Morgan fingerprint density at radius 2 is 2.54 bits per heavy atom. The van der Waals surface area contributed by atoms with Crippen molar-refractivity contribution in [2.24, 2.45) is 10.9 Å². The van der Waals surface area contributed by atoms with Gasteiger partial charge in [-0.05, 0) is 6.42 Å². The number of nitrogens with one attached hydrogen (secondary N) is 1. The number of hydrogen-bond acceptors (Lipinski definition) is 3. The Hall–Kier alpha value is -0.510. The third kappa shape index (κ3) is 3.38. The SMILES string of the molecule is CCCC(C)C(=O)NC1=NCCS1. The minimum absolute atomic E-state index is 0.105. The molecule has 0 bridgehead atoms. The number of amidine groups is 1. The molecule has 1 unspecified atom stereocenters. The van der Waals surface area contributed by atoms with Crippen LogP contribution in [-0.4, -0.2) is 23.4 Å². The van der Waals surface area contributed by atoms with E-state index in [9.17, 15) is 4.79 Å². The Bertz CT molecular complexity index is 216. The third-order valence-electron chi connectivity index (χ3n) is 1.98. The van der Waals surface area contributed by atoms with E-state index in [0.717, 1.165) is 30.3 Å². The van der Waals surface area contributed by atoms with Crippen LogP contribution in [0.1, 0.15) is 26.7 Å². The molecule has 1 rings (SSSR count). The average molecular weight is 200 g/mol. The summed E-state index contributed by atoms with van der Waals surface area (Å²) in [5.74, 6) is 1.21. The van der Waals surface area contributed by atoms with Crippen molar-refractivity contribution in [3.05, 3.63) is 0 Å². The van der Waals surface area contributed by atoms with Gasteiger partial charge in [-0.25, -0.2) is 0 Å². The van der Waals surface area contributed by atoms with Crippen LogP contribution in [0.15, 0.2) is 4.99 Å². The van der Waals surface area contributed by atoms with Crippen LogP contribution < -0.4 is 5.32 Å². The van der Waals surface area contributed by atoms with Crippen molar-refractivity contribution in [3.63, 3.8) is 0 Å². The zero-order valence-electron chi connectivity index (χ0n) is 8.17. The van der Waals surface area contributed by atoms with Crippen molar-refractivity contribution in [2.45, 2.75) is 26.7 Å². The molecule has 1 aliphatic rings. The van der Waals surface area contributed by atoms with Crippen LogP contribution in [0.2, 0.25) is 0 Å². The number of thioether (sulfide) groups is 1. The fraction of sp³-hybridized carbons (Fsp3) is 0.778. The van der Waals surface area contributed by atoms with Crippen molar-refractivity contribution >= 4 is 22.8 Å². The van der Waals surface area contributed by atoms with Gasteiger partial charge in [0.05, 0.1) is 6.54 Å². The highest BCUT2D eigenvalue weighted by atomic mass is 32.2. The molecular weight excluding hydrogens is 184 g/mol. The number of hydrogen-bond donors (Lipinski definition) is 1. The highest BCUT2D eigenvalue weighted by molar-refractivity contribution is 8.14. The van der Waals surface area contributed by atoms with Gasteiger partial charge in [-0.15, -0.1) is 0 Å². The molecule has 0 aromatic heterocycles. The molecule has 0 saturated heterocycles. The maximum absolute atomic E-state index is 11.5. The van der Waals surface area contributed by atoms with E-state index >= 15 is 0 Å². The zero-order chi connectivity index (χ0) is 9.68. The third-order valence-corrected chi connectivity index (χ3v) is 2.88. The molecule has 0 fully saturated rings. The van der Waals surface area contributed by atoms with Crippen molar-refractivity contribution in [1.29, 1.82) is 0 Å². The Labute approximate surface area is 83.4 Å². The van der Waals surface area contributed by atoms with E-state index in [1.165, 1.54) is 0 Å². The van der Waals surface area contributed by atoms with Crippen molar-refractivity contribution in [3.8, 4) is 0 Å². The van der Waals surface area contributed by atoms with Crippen LogP contribution in [0.3, 0.4) is 0 Å². The first-order valence-corrected chi connectivity index (χ1v) is 5.70. The number of aliphatic imine (C=N–C) groups is 1. The quantitative estimate of drug-likeness (QED) is 0.752. The fourth-order valence-electron chi connectivity index (χ4n) is 1.20. The van der Waals surface area contributed by atoms with E-state index in [0.29, 0.717) is 0 Å². The number of rotatable bonds is 3. The Kier molecular flexibility index (Phi) is 4.28. The summed E-state index contributed by atoms with van der Waals surface area (Å²) in [5, 5.41) is 3.64. The number of nitrogens with zero attached hydrogens (tertiary/aromatic N) is 1. The summed E-state index contributed by atoms with van der Waals surface area (Å²) in [4.78, 5) is 15.6. The fourth-order valence-corrected chi connectivity index (χ4v) is 1.93. The lowest BCUT2D eigenvalue weighted by atomic mass is 10.1. The Morgan fingerprint density at radius 3 is 3.08 bits per heavy atom. The first-order valence-electron chi connectivity index (χ1n) is 4.72. The van der Waals surface area contributed by atoms with E-state index < -0.39 is 0 Å². The summed E-state index contributed by atoms with van der Waals surface area (Å²) in [6, 6.07) is 0. The van der Waals surface area contributed by atoms with Gasteiger partial charge in [0.2, 0.25) is 5.91 Å². The molecular formula is C9H16N2OS. The van der Waals surface area contributed by atoms with E-state index in [1.54, 1.807) is 11.8 Å². The zero-order valence-corrected chi connectivity index (χ0v) is 8.99. The van der Waals surface area contributed by atoms with Gasteiger partial charge in [0, 0.05) is 11.7 Å². The minimum Gasteiger partial charge on any atom is -0.305 e. The largest absolute Gasteiger partial charge is 0.305 e. The molecule has 13 heavy (non-hydrogen) atoms. The van der Waals surface area contributed by atoms with Gasteiger partial charge in [0.1, 0.15) is 0 Å². The van der Waals surface area contributed by atoms with Gasteiger partial charge in [-0.1, -0.05) is 32.0 Å². The molecule has 0 spiro atoms. The molecule has 1 heterocycles. The van der Waals surface area contributed by atoms with Crippen LogP contribution in [0.25, 0.3) is 0 Å². The molecule has 0 saturated carbocycles. The molecule has 3 nitrogen and oxygen atoms in total. The maximum Gasteiger partial charge on any atom is 0.228 e. The van der Waals surface area contributed by atoms with Crippen LogP contribution in [0.4, 0.5) is 0 Å². The topological polar surface area (TPSA) is 41.5 Å². The minimum atomic E-state index is 0.105. The first-order chi connectivity index (χ1) is 6.24. The van der Waals surface area contributed by atoms with Gasteiger partial charge < -0.3 is 5.32 Å². The molecule has 74 valence electrons. The number of carbonyl (C=O) groups is 1. The van der Waals surface area contributed by atoms with Gasteiger partial charge in [-0.3, -0.25) is 9.79 Å². The van der Waals surface area contributed by atoms with Gasteiger partial charge in [0.25, 0.3) is 0 Å².